The van der Waals surface area contributed by atoms with E-state index < -0.39 is 0 Å². The molecule has 4 saturated carbocycles. The number of anilines is 1. The quantitative estimate of drug-likeness (QED) is 0.831. The molecule has 4 fully saturated rings. The molecule has 4 aliphatic carbocycles. The monoisotopic (exact) mass is 262 g/mol. The summed E-state index contributed by atoms with van der Waals surface area (Å²) in [5, 5.41) is 2.98. The molecule has 1 aromatic rings. The standard InChI is InChI=1S/C15H22N2S/c1-13-3-10-4-14(2,7-13)9-15(5-10,8-13)11-6-18-12(16)17-11/h6,10H,3-5,7-9H2,1-2H3,(H2,16,17). The topological polar surface area (TPSA) is 38.9 Å². The van der Waals surface area contributed by atoms with E-state index in [-0.39, 0.29) is 0 Å². The highest BCUT2D eigenvalue weighted by atomic mass is 32.1. The SMILES string of the molecule is CC12CC3CC(C)(C1)CC(c1csc(N)n1)(C3)C2. The van der Waals surface area contributed by atoms with E-state index >= 15 is 0 Å². The molecular formula is C15H22N2S. The average molecular weight is 262 g/mol. The van der Waals surface area contributed by atoms with Crippen LogP contribution in [0.3, 0.4) is 0 Å². The zero-order chi connectivity index (χ0) is 12.6. The number of nitrogen functional groups attached to an aromatic ring is 1. The fourth-order valence-electron chi connectivity index (χ4n) is 6.26. The second-order valence-electron chi connectivity index (χ2n) is 7.98. The minimum atomic E-state index is 0.358. The minimum Gasteiger partial charge on any atom is -0.375 e. The van der Waals surface area contributed by atoms with Gasteiger partial charge in [-0.15, -0.1) is 11.3 Å². The van der Waals surface area contributed by atoms with Crippen LogP contribution in [0.1, 0.15) is 58.1 Å². The first-order valence-electron chi connectivity index (χ1n) is 7.12. The average Bonchev–Trinajstić information content (AvgIpc) is 2.59. The van der Waals surface area contributed by atoms with Crippen molar-refractivity contribution in [2.75, 3.05) is 5.73 Å². The third-order valence-electron chi connectivity index (χ3n) is 5.69. The number of hydrogen-bond acceptors (Lipinski definition) is 3. The van der Waals surface area contributed by atoms with Crippen molar-refractivity contribution in [2.45, 2.75) is 57.8 Å². The van der Waals surface area contributed by atoms with Gasteiger partial charge in [-0.25, -0.2) is 4.98 Å². The Morgan fingerprint density at radius 2 is 1.83 bits per heavy atom. The molecule has 0 saturated heterocycles. The number of rotatable bonds is 1. The van der Waals surface area contributed by atoms with Crippen molar-refractivity contribution in [1.82, 2.24) is 4.98 Å². The van der Waals surface area contributed by atoms with Gasteiger partial charge in [0.2, 0.25) is 0 Å². The Kier molecular flexibility index (Phi) is 1.95. The molecule has 2 atom stereocenters. The van der Waals surface area contributed by atoms with Crippen LogP contribution in [0.15, 0.2) is 5.38 Å². The summed E-state index contributed by atoms with van der Waals surface area (Å²) in [5.74, 6) is 0.930. The summed E-state index contributed by atoms with van der Waals surface area (Å²) in [4.78, 5) is 4.66. The van der Waals surface area contributed by atoms with E-state index in [4.69, 9.17) is 5.73 Å². The third kappa shape index (κ3) is 1.43. The molecule has 0 amide bonds. The first-order chi connectivity index (χ1) is 8.41. The molecule has 5 rings (SSSR count). The van der Waals surface area contributed by atoms with Crippen molar-refractivity contribution in [3.63, 3.8) is 0 Å². The fraction of sp³-hybridized carbons (Fsp3) is 0.800. The van der Waals surface area contributed by atoms with Crippen LogP contribution in [-0.4, -0.2) is 4.98 Å². The number of hydrogen-bond donors (Lipinski definition) is 1. The fourth-order valence-corrected chi connectivity index (χ4v) is 6.95. The van der Waals surface area contributed by atoms with Crippen molar-refractivity contribution in [2.24, 2.45) is 16.7 Å². The lowest BCUT2D eigenvalue weighted by Gasteiger charge is -2.65. The Labute approximate surface area is 113 Å². The van der Waals surface area contributed by atoms with Crippen LogP contribution in [-0.2, 0) is 5.41 Å². The molecule has 18 heavy (non-hydrogen) atoms. The Balaban J connectivity index is 1.82. The molecule has 98 valence electrons. The van der Waals surface area contributed by atoms with E-state index in [0.717, 1.165) is 11.0 Å². The Morgan fingerprint density at radius 1 is 1.17 bits per heavy atom. The van der Waals surface area contributed by atoms with Gasteiger partial charge in [0.1, 0.15) is 0 Å². The van der Waals surface area contributed by atoms with Gasteiger partial charge in [0.05, 0.1) is 5.69 Å². The molecule has 0 spiro atoms. The lowest BCUT2D eigenvalue weighted by Crippen LogP contribution is -2.56. The molecule has 0 radical (unpaired) electrons. The normalized spacial score (nSPS) is 49.8. The molecular weight excluding hydrogens is 240 g/mol. The van der Waals surface area contributed by atoms with Gasteiger partial charge in [-0.3, -0.25) is 0 Å². The van der Waals surface area contributed by atoms with Gasteiger partial charge in [-0.1, -0.05) is 13.8 Å². The highest BCUT2D eigenvalue weighted by Crippen LogP contribution is 2.69. The summed E-state index contributed by atoms with van der Waals surface area (Å²) in [5.41, 5.74) is 8.66. The number of aromatic nitrogens is 1. The lowest BCUT2D eigenvalue weighted by molar-refractivity contribution is -0.111. The van der Waals surface area contributed by atoms with Gasteiger partial charge in [0.25, 0.3) is 0 Å². The Morgan fingerprint density at radius 3 is 2.33 bits per heavy atom. The molecule has 2 unspecified atom stereocenters. The first kappa shape index (κ1) is 11.3. The van der Waals surface area contributed by atoms with E-state index in [1.807, 2.05) is 0 Å². The van der Waals surface area contributed by atoms with Gasteiger partial charge < -0.3 is 5.73 Å². The van der Waals surface area contributed by atoms with Crippen molar-refractivity contribution in [1.29, 1.82) is 0 Å². The van der Waals surface area contributed by atoms with E-state index in [0.29, 0.717) is 16.2 Å². The zero-order valence-electron chi connectivity index (χ0n) is 11.3. The molecule has 3 heteroatoms. The number of thiazole rings is 1. The molecule has 1 heterocycles. The second kappa shape index (κ2) is 3.12. The van der Waals surface area contributed by atoms with Crippen molar-refractivity contribution >= 4 is 16.5 Å². The lowest BCUT2D eigenvalue weighted by atomic mass is 9.40. The van der Waals surface area contributed by atoms with Crippen molar-refractivity contribution in [3.05, 3.63) is 11.1 Å². The molecule has 1 aromatic heterocycles. The molecule has 2 N–H and O–H groups in total. The van der Waals surface area contributed by atoms with Crippen LogP contribution >= 0.6 is 11.3 Å². The van der Waals surface area contributed by atoms with E-state index in [2.05, 4.69) is 24.2 Å². The highest BCUT2D eigenvalue weighted by Gasteiger charge is 2.61. The van der Waals surface area contributed by atoms with Crippen LogP contribution in [0.2, 0.25) is 0 Å². The molecule has 2 nitrogen and oxygen atoms in total. The minimum absolute atomic E-state index is 0.358. The summed E-state index contributed by atoms with van der Waals surface area (Å²) in [6, 6.07) is 0. The maximum Gasteiger partial charge on any atom is 0.180 e. The summed E-state index contributed by atoms with van der Waals surface area (Å²) in [7, 11) is 0. The smallest absolute Gasteiger partial charge is 0.180 e. The maximum atomic E-state index is 5.87. The summed E-state index contributed by atoms with van der Waals surface area (Å²) in [6.45, 7) is 5.03. The van der Waals surface area contributed by atoms with Gasteiger partial charge in [0.15, 0.2) is 5.13 Å². The highest BCUT2D eigenvalue weighted by molar-refractivity contribution is 7.13. The van der Waals surface area contributed by atoms with Gasteiger partial charge in [0, 0.05) is 10.8 Å². The van der Waals surface area contributed by atoms with E-state index in [1.165, 1.54) is 44.2 Å². The van der Waals surface area contributed by atoms with Gasteiger partial charge >= 0.3 is 0 Å². The Bertz CT molecular complexity index is 488. The number of nitrogens with zero attached hydrogens (tertiary/aromatic N) is 1. The van der Waals surface area contributed by atoms with Crippen LogP contribution in [0.5, 0.6) is 0 Å². The number of nitrogens with two attached hydrogens (primary N) is 1. The third-order valence-corrected chi connectivity index (χ3v) is 6.37. The largest absolute Gasteiger partial charge is 0.375 e. The van der Waals surface area contributed by atoms with Crippen molar-refractivity contribution < 1.29 is 0 Å². The molecule has 4 bridgehead atoms. The van der Waals surface area contributed by atoms with E-state index in [9.17, 15) is 0 Å². The van der Waals surface area contributed by atoms with Crippen LogP contribution in [0.4, 0.5) is 5.13 Å². The Hall–Kier alpha value is -0.570. The van der Waals surface area contributed by atoms with Gasteiger partial charge in [-0.05, 0) is 55.3 Å². The molecule has 4 aliphatic rings. The zero-order valence-corrected chi connectivity index (χ0v) is 12.1. The predicted octanol–water partition coefficient (Wildman–Crippen LogP) is 3.97. The maximum absolute atomic E-state index is 5.87. The summed E-state index contributed by atoms with van der Waals surface area (Å²) < 4.78 is 0. The molecule has 0 aliphatic heterocycles. The second-order valence-corrected chi connectivity index (χ2v) is 8.87. The predicted molar refractivity (Wildman–Crippen MR) is 75.6 cm³/mol. The van der Waals surface area contributed by atoms with E-state index in [1.54, 1.807) is 11.3 Å². The molecule has 0 aromatic carbocycles. The summed E-state index contributed by atoms with van der Waals surface area (Å²) in [6.07, 6.45) is 8.37. The van der Waals surface area contributed by atoms with Crippen LogP contribution < -0.4 is 5.73 Å². The van der Waals surface area contributed by atoms with Crippen LogP contribution in [0.25, 0.3) is 0 Å². The van der Waals surface area contributed by atoms with Crippen molar-refractivity contribution in [3.8, 4) is 0 Å². The summed E-state index contributed by atoms with van der Waals surface area (Å²) >= 11 is 1.62. The van der Waals surface area contributed by atoms with Crippen LogP contribution in [0, 0.1) is 16.7 Å². The first-order valence-corrected chi connectivity index (χ1v) is 8.00. The van der Waals surface area contributed by atoms with Gasteiger partial charge in [-0.2, -0.15) is 0 Å².